The van der Waals surface area contributed by atoms with Crippen LogP contribution in [0.1, 0.15) is 25.2 Å². The molecule has 0 aliphatic carbocycles. The summed E-state index contributed by atoms with van der Waals surface area (Å²) in [5, 5.41) is 16.6. The Morgan fingerprint density at radius 1 is 1.31 bits per heavy atom. The first-order chi connectivity index (χ1) is 12.4. The molecule has 142 valence electrons. The van der Waals surface area contributed by atoms with Crippen molar-refractivity contribution >= 4 is 5.96 Å². The Kier molecular flexibility index (Phi) is 6.97. The zero-order chi connectivity index (χ0) is 19.0. The summed E-state index contributed by atoms with van der Waals surface area (Å²) in [6, 6.07) is 9.77. The van der Waals surface area contributed by atoms with E-state index in [2.05, 4.69) is 20.4 Å². The first-order valence-corrected chi connectivity index (χ1v) is 8.23. The third kappa shape index (κ3) is 6.03. The van der Waals surface area contributed by atoms with Crippen molar-refractivity contribution in [2.45, 2.75) is 32.6 Å². The van der Waals surface area contributed by atoms with Gasteiger partial charge in [-0.15, -0.1) is 0 Å². The third-order valence-electron chi connectivity index (χ3n) is 3.54. The highest BCUT2D eigenvalue weighted by atomic mass is 19.3. The normalized spacial score (nSPS) is 14.2. The summed E-state index contributed by atoms with van der Waals surface area (Å²) < 4.78 is 34.2. The Bertz CT molecular complexity index is 703. The van der Waals surface area contributed by atoms with Gasteiger partial charge in [-0.05, 0) is 43.7 Å². The summed E-state index contributed by atoms with van der Waals surface area (Å²) >= 11 is 0. The lowest BCUT2D eigenvalue weighted by molar-refractivity contribution is -0.0498. The third-order valence-corrected chi connectivity index (χ3v) is 3.54. The lowest BCUT2D eigenvalue weighted by Crippen LogP contribution is -2.44. The molecule has 2 aromatic rings. The maximum atomic E-state index is 12.3. The number of aliphatic imine (C=N–C) groups is 1. The number of ether oxygens (including phenoxy) is 1. The van der Waals surface area contributed by atoms with Gasteiger partial charge in [0.2, 0.25) is 0 Å². The van der Waals surface area contributed by atoms with E-state index in [-0.39, 0.29) is 18.8 Å². The van der Waals surface area contributed by atoms with E-state index in [0.717, 1.165) is 5.56 Å². The van der Waals surface area contributed by atoms with Crippen molar-refractivity contribution < 1.29 is 23.0 Å². The number of alkyl halides is 2. The van der Waals surface area contributed by atoms with E-state index in [1.807, 2.05) is 6.92 Å². The Morgan fingerprint density at radius 3 is 2.77 bits per heavy atom. The van der Waals surface area contributed by atoms with Crippen LogP contribution in [0.4, 0.5) is 8.78 Å². The van der Waals surface area contributed by atoms with Crippen LogP contribution in [0, 0.1) is 0 Å². The standard InChI is InChI=1S/C18H23F2N3O3/c1-3-21-17(23-12-18(2,24)15-8-5-9-25-15)22-11-13-6-4-7-14(10-13)26-16(19)20/h4-10,16,24H,3,11-12H2,1-2H3,(H2,21,22,23). The quantitative estimate of drug-likeness (QED) is 0.494. The second-order valence-corrected chi connectivity index (χ2v) is 5.83. The van der Waals surface area contributed by atoms with Gasteiger partial charge in [-0.3, -0.25) is 0 Å². The van der Waals surface area contributed by atoms with E-state index in [1.165, 1.54) is 18.4 Å². The largest absolute Gasteiger partial charge is 0.466 e. The Balaban J connectivity index is 2.00. The highest BCUT2D eigenvalue weighted by molar-refractivity contribution is 5.79. The summed E-state index contributed by atoms with van der Waals surface area (Å²) in [5.74, 6) is 1.02. The molecular formula is C18H23F2N3O3. The van der Waals surface area contributed by atoms with Gasteiger partial charge in [-0.25, -0.2) is 4.99 Å². The van der Waals surface area contributed by atoms with Gasteiger partial charge in [-0.1, -0.05) is 12.1 Å². The van der Waals surface area contributed by atoms with Crippen molar-refractivity contribution in [1.82, 2.24) is 10.6 Å². The fourth-order valence-electron chi connectivity index (χ4n) is 2.26. The molecule has 26 heavy (non-hydrogen) atoms. The minimum atomic E-state index is -2.86. The Hall–Kier alpha value is -2.61. The topological polar surface area (TPSA) is 79.0 Å². The summed E-state index contributed by atoms with van der Waals surface area (Å²) in [5.41, 5.74) is -0.483. The number of halogens is 2. The van der Waals surface area contributed by atoms with Crippen LogP contribution >= 0.6 is 0 Å². The number of hydrogen-bond acceptors (Lipinski definition) is 4. The van der Waals surface area contributed by atoms with Crippen LogP contribution in [0.25, 0.3) is 0 Å². The van der Waals surface area contributed by atoms with Crippen LogP contribution in [-0.2, 0) is 12.1 Å². The van der Waals surface area contributed by atoms with E-state index in [4.69, 9.17) is 4.42 Å². The van der Waals surface area contributed by atoms with E-state index < -0.39 is 12.2 Å². The second-order valence-electron chi connectivity index (χ2n) is 5.83. The van der Waals surface area contributed by atoms with Gasteiger partial charge in [0.1, 0.15) is 17.1 Å². The van der Waals surface area contributed by atoms with Gasteiger partial charge in [-0.2, -0.15) is 8.78 Å². The molecule has 0 saturated carbocycles. The molecule has 0 saturated heterocycles. The summed E-state index contributed by atoms with van der Waals surface area (Å²) in [6.07, 6.45) is 1.50. The monoisotopic (exact) mass is 367 g/mol. The summed E-state index contributed by atoms with van der Waals surface area (Å²) in [7, 11) is 0. The molecule has 0 bridgehead atoms. The number of hydrogen-bond donors (Lipinski definition) is 3. The van der Waals surface area contributed by atoms with Crippen LogP contribution in [0.5, 0.6) is 5.75 Å². The highest BCUT2D eigenvalue weighted by Gasteiger charge is 2.26. The molecule has 3 N–H and O–H groups in total. The average molecular weight is 367 g/mol. The van der Waals surface area contributed by atoms with Crippen LogP contribution < -0.4 is 15.4 Å². The van der Waals surface area contributed by atoms with Crippen molar-refractivity contribution in [2.75, 3.05) is 13.1 Å². The number of benzene rings is 1. The fraction of sp³-hybridized carbons (Fsp3) is 0.389. The number of nitrogens with one attached hydrogen (secondary N) is 2. The van der Waals surface area contributed by atoms with Crippen molar-refractivity contribution in [2.24, 2.45) is 4.99 Å². The molecule has 1 aromatic heterocycles. The maximum Gasteiger partial charge on any atom is 0.387 e. The SMILES string of the molecule is CCNC(=NCc1cccc(OC(F)F)c1)NCC(C)(O)c1ccco1. The number of nitrogens with zero attached hydrogens (tertiary/aromatic N) is 1. The molecule has 0 aliphatic heterocycles. The minimum Gasteiger partial charge on any atom is -0.466 e. The zero-order valence-electron chi connectivity index (χ0n) is 14.7. The van der Waals surface area contributed by atoms with Gasteiger partial charge in [0.15, 0.2) is 5.96 Å². The van der Waals surface area contributed by atoms with Gasteiger partial charge in [0, 0.05) is 6.54 Å². The van der Waals surface area contributed by atoms with E-state index in [1.54, 1.807) is 31.2 Å². The van der Waals surface area contributed by atoms with Crippen LogP contribution in [-0.4, -0.2) is 30.8 Å². The molecule has 0 spiro atoms. The lowest BCUT2D eigenvalue weighted by Gasteiger charge is -2.22. The van der Waals surface area contributed by atoms with Gasteiger partial charge < -0.3 is 24.9 Å². The molecular weight excluding hydrogens is 344 g/mol. The minimum absolute atomic E-state index is 0.0893. The van der Waals surface area contributed by atoms with Crippen LogP contribution in [0.2, 0.25) is 0 Å². The van der Waals surface area contributed by atoms with E-state index >= 15 is 0 Å². The van der Waals surface area contributed by atoms with Crippen molar-refractivity contribution in [3.05, 3.63) is 54.0 Å². The first-order valence-electron chi connectivity index (χ1n) is 8.23. The zero-order valence-corrected chi connectivity index (χ0v) is 14.7. The number of aliphatic hydroxyl groups is 1. The molecule has 0 amide bonds. The molecule has 6 nitrogen and oxygen atoms in total. The smallest absolute Gasteiger partial charge is 0.387 e. The first kappa shape index (κ1) is 19.7. The molecule has 1 unspecified atom stereocenters. The molecule has 0 fully saturated rings. The highest BCUT2D eigenvalue weighted by Crippen LogP contribution is 2.20. The lowest BCUT2D eigenvalue weighted by atomic mass is 10.0. The Labute approximate surface area is 150 Å². The molecule has 1 aromatic carbocycles. The van der Waals surface area contributed by atoms with Gasteiger partial charge in [0.25, 0.3) is 0 Å². The van der Waals surface area contributed by atoms with Crippen molar-refractivity contribution in [3.63, 3.8) is 0 Å². The number of guanidine groups is 1. The van der Waals surface area contributed by atoms with Crippen molar-refractivity contribution in [3.8, 4) is 5.75 Å². The summed E-state index contributed by atoms with van der Waals surface area (Å²) in [6.45, 7) is 1.76. The summed E-state index contributed by atoms with van der Waals surface area (Å²) in [4.78, 5) is 4.40. The molecule has 8 heteroatoms. The van der Waals surface area contributed by atoms with E-state index in [0.29, 0.717) is 18.3 Å². The predicted octanol–water partition coefficient (Wildman–Crippen LogP) is 2.84. The van der Waals surface area contributed by atoms with Crippen molar-refractivity contribution in [1.29, 1.82) is 0 Å². The predicted molar refractivity (Wildman–Crippen MR) is 94.2 cm³/mol. The molecule has 1 heterocycles. The molecule has 0 aliphatic rings. The molecule has 1 atom stereocenters. The molecule has 2 rings (SSSR count). The second kappa shape index (κ2) is 9.19. The Morgan fingerprint density at radius 2 is 2.12 bits per heavy atom. The van der Waals surface area contributed by atoms with Gasteiger partial charge in [0.05, 0.1) is 19.4 Å². The van der Waals surface area contributed by atoms with Crippen LogP contribution in [0.3, 0.4) is 0 Å². The average Bonchev–Trinajstić information content (AvgIpc) is 3.13. The number of furan rings is 1. The fourth-order valence-corrected chi connectivity index (χ4v) is 2.26. The van der Waals surface area contributed by atoms with Crippen LogP contribution in [0.15, 0.2) is 52.1 Å². The maximum absolute atomic E-state index is 12.3. The number of rotatable bonds is 8. The van der Waals surface area contributed by atoms with E-state index in [9.17, 15) is 13.9 Å². The van der Waals surface area contributed by atoms with Gasteiger partial charge >= 0.3 is 6.61 Å². The molecule has 0 radical (unpaired) electrons.